The van der Waals surface area contributed by atoms with Crippen molar-refractivity contribution in [2.45, 2.75) is 69.1 Å². The van der Waals surface area contributed by atoms with Crippen LogP contribution in [-0.2, 0) is 13.0 Å². The third kappa shape index (κ3) is 1.86. The molecule has 1 N–H and O–H groups in total. The van der Waals surface area contributed by atoms with Crippen molar-refractivity contribution in [3.8, 4) is 0 Å². The Morgan fingerprint density at radius 3 is 2.60 bits per heavy atom. The Morgan fingerprint density at radius 1 is 1.25 bits per heavy atom. The topological polar surface area (TPSA) is 46.9 Å². The van der Waals surface area contributed by atoms with Crippen LogP contribution in [-0.4, -0.2) is 26.9 Å². The van der Waals surface area contributed by atoms with E-state index >= 15 is 0 Å². The Morgan fingerprint density at radius 2 is 1.95 bits per heavy atom. The van der Waals surface area contributed by atoms with Gasteiger partial charge in [0.1, 0.15) is 11.4 Å². The van der Waals surface area contributed by atoms with Gasteiger partial charge in [-0.15, -0.1) is 0 Å². The number of hydrogen-bond donors (Lipinski definition) is 1. The summed E-state index contributed by atoms with van der Waals surface area (Å²) < 4.78 is 16.1. The second-order valence-electron chi connectivity index (χ2n) is 6.73. The fourth-order valence-electron chi connectivity index (χ4n) is 4.00. The van der Waals surface area contributed by atoms with Crippen molar-refractivity contribution in [2.75, 3.05) is 0 Å². The second kappa shape index (κ2) is 4.06. The first-order chi connectivity index (χ1) is 9.58. The number of hydrogen-bond acceptors (Lipinski definition) is 2. The summed E-state index contributed by atoms with van der Waals surface area (Å²) in [7, 11) is 0. The molecule has 108 valence electrons. The molecule has 1 amide bonds. The number of rotatable bonds is 2. The van der Waals surface area contributed by atoms with Crippen LogP contribution in [0.25, 0.3) is 0 Å². The molecule has 5 heteroatoms. The molecule has 0 aromatic carbocycles. The van der Waals surface area contributed by atoms with E-state index in [0.29, 0.717) is 25.0 Å². The van der Waals surface area contributed by atoms with Gasteiger partial charge in [-0.25, -0.2) is 4.39 Å². The van der Waals surface area contributed by atoms with Gasteiger partial charge in [-0.05, 0) is 57.4 Å². The van der Waals surface area contributed by atoms with E-state index in [2.05, 4.69) is 10.4 Å². The Balaban J connectivity index is 1.50. The fraction of sp³-hybridized carbons (Fsp3) is 0.733. The van der Waals surface area contributed by atoms with Gasteiger partial charge in [-0.2, -0.15) is 5.10 Å². The highest BCUT2D eigenvalue weighted by Crippen LogP contribution is 2.49. The minimum absolute atomic E-state index is 0.0832. The second-order valence-corrected chi connectivity index (χ2v) is 6.73. The van der Waals surface area contributed by atoms with Crippen LogP contribution < -0.4 is 5.32 Å². The summed E-state index contributed by atoms with van der Waals surface area (Å²) in [6, 6.07) is 1.91. The summed E-state index contributed by atoms with van der Waals surface area (Å²) in [4.78, 5) is 12.4. The number of nitrogens with one attached hydrogen (secondary N) is 1. The molecule has 0 unspecified atom stereocenters. The van der Waals surface area contributed by atoms with Crippen LogP contribution in [0.5, 0.6) is 0 Å². The summed E-state index contributed by atoms with van der Waals surface area (Å²) in [5, 5.41) is 7.54. The first-order valence-electron chi connectivity index (χ1n) is 7.66. The number of halogens is 1. The number of amides is 1. The van der Waals surface area contributed by atoms with E-state index in [9.17, 15) is 9.18 Å². The Kier molecular flexibility index (Phi) is 2.51. The van der Waals surface area contributed by atoms with Gasteiger partial charge in [-0.1, -0.05) is 0 Å². The number of aryl methyl sites for hydroxylation is 2. The van der Waals surface area contributed by atoms with E-state index < -0.39 is 5.67 Å². The zero-order valence-electron chi connectivity index (χ0n) is 11.6. The molecule has 0 spiro atoms. The molecular weight excluding hydrogens is 257 g/mol. The van der Waals surface area contributed by atoms with E-state index in [1.165, 1.54) is 0 Å². The predicted octanol–water partition coefficient (Wildman–Crippen LogP) is 2.37. The zero-order valence-corrected chi connectivity index (χ0v) is 11.6. The maximum absolute atomic E-state index is 14.2. The average molecular weight is 277 g/mol. The predicted molar refractivity (Wildman–Crippen MR) is 72.3 cm³/mol. The van der Waals surface area contributed by atoms with Crippen LogP contribution in [0.2, 0.25) is 0 Å². The lowest BCUT2D eigenvalue weighted by Gasteiger charge is -2.49. The van der Waals surface area contributed by atoms with Crippen molar-refractivity contribution in [1.82, 2.24) is 15.1 Å². The molecule has 2 bridgehead atoms. The van der Waals surface area contributed by atoms with Gasteiger partial charge in [0.2, 0.25) is 0 Å². The molecule has 20 heavy (non-hydrogen) atoms. The fourth-order valence-corrected chi connectivity index (χ4v) is 4.00. The highest BCUT2D eigenvalue weighted by molar-refractivity contribution is 5.93. The van der Waals surface area contributed by atoms with E-state index in [1.54, 1.807) is 0 Å². The lowest BCUT2D eigenvalue weighted by atomic mass is 9.64. The molecule has 3 aliphatic carbocycles. The summed E-state index contributed by atoms with van der Waals surface area (Å²) in [5.41, 5.74) is 0.542. The van der Waals surface area contributed by atoms with Crippen molar-refractivity contribution in [2.24, 2.45) is 0 Å². The van der Waals surface area contributed by atoms with Crippen molar-refractivity contribution >= 4 is 5.91 Å². The molecule has 4 aliphatic rings. The normalized spacial score (nSPS) is 35.0. The van der Waals surface area contributed by atoms with E-state index in [0.717, 1.165) is 44.3 Å². The van der Waals surface area contributed by atoms with Gasteiger partial charge in [-0.3, -0.25) is 9.48 Å². The first-order valence-corrected chi connectivity index (χ1v) is 7.66. The van der Waals surface area contributed by atoms with Gasteiger partial charge < -0.3 is 5.32 Å². The monoisotopic (exact) mass is 277 g/mol. The standard InChI is InChI=1S/C15H20FN3O/c16-14-3-6-15(7-4-14,8-5-14)17-13(20)12-10-11-2-1-9-19(11)18-12/h10H,1-9H2,(H,17,20). The van der Waals surface area contributed by atoms with Gasteiger partial charge >= 0.3 is 0 Å². The molecule has 1 aliphatic heterocycles. The number of fused-ring (bicyclic) bond motifs is 4. The highest BCUT2D eigenvalue weighted by atomic mass is 19.1. The van der Waals surface area contributed by atoms with Gasteiger partial charge in [0.05, 0.1) is 0 Å². The molecule has 5 rings (SSSR count). The van der Waals surface area contributed by atoms with Crippen LogP contribution in [0.15, 0.2) is 6.07 Å². The third-order valence-electron chi connectivity index (χ3n) is 5.43. The summed E-state index contributed by atoms with van der Waals surface area (Å²) in [6.07, 6.45) is 6.20. The van der Waals surface area contributed by atoms with Crippen molar-refractivity contribution in [3.63, 3.8) is 0 Å². The number of carbonyl (C=O) groups is 1. The molecule has 1 aromatic rings. The van der Waals surface area contributed by atoms with Crippen molar-refractivity contribution in [1.29, 1.82) is 0 Å². The lowest BCUT2D eigenvalue weighted by Crippen LogP contribution is -2.57. The molecule has 0 saturated heterocycles. The van der Waals surface area contributed by atoms with Crippen molar-refractivity contribution < 1.29 is 9.18 Å². The maximum Gasteiger partial charge on any atom is 0.272 e. The molecule has 4 nitrogen and oxygen atoms in total. The molecule has 0 radical (unpaired) electrons. The number of alkyl halides is 1. The number of nitrogens with zero attached hydrogens (tertiary/aromatic N) is 2. The maximum atomic E-state index is 14.2. The molecular formula is C15H20FN3O. The smallest absolute Gasteiger partial charge is 0.272 e. The van der Waals surface area contributed by atoms with Crippen LogP contribution >= 0.6 is 0 Å². The molecule has 3 fully saturated rings. The van der Waals surface area contributed by atoms with Crippen LogP contribution in [0.4, 0.5) is 4.39 Å². The Hall–Kier alpha value is -1.39. The van der Waals surface area contributed by atoms with Gasteiger partial charge in [0.25, 0.3) is 5.91 Å². The Bertz CT molecular complexity index is 519. The first kappa shape index (κ1) is 12.4. The van der Waals surface area contributed by atoms with Crippen LogP contribution in [0, 0.1) is 0 Å². The molecule has 2 heterocycles. The summed E-state index contributed by atoms with van der Waals surface area (Å²) in [6.45, 7) is 0.915. The zero-order chi connectivity index (χ0) is 13.8. The van der Waals surface area contributed by atoms with E-state index in [4.69, 9.17) is 0 Å². The van der Waals surface area contributed by atoms with Crippen LogP contribution in [0.1, 0.15) is 61.1 Å². The quantitative estimate of drug-likeness (QED) is 0.902. The molecule has 0 atom stereocenters. The van der Waals surface area contributed by atoms with E-state index in [1.807, 2.05) is 10.7 Å². The number of aromatic nitrogens is 2. The number of carbonyl (C=O) groups excluding carboxylic acids is 1. The van der Waals surface area contributed by atoms with Gasteiger partial charge in [0.15, 0.2) is 0 Å². The Labute approximate surface area is 117 Å². The SMILES string of the molecule is O=C(NC12CCC(F)(CC1)CC2)c1cc2n(n1)CCC2. The van der Waals surface area contributed by atoms with E-state index in [-0.39, 0.29) is 11.4 Å². The molecule has 1 aromatic heterocycles. The minimum Gasteiger partial charge on any atom is -0.345 e. The highest BCUT2D eigenvalue weighted by Gasteiger charge is 2.49. The van der Waals surface area contributed by atoms with Crippen LogP contribution in [0.3, 0.4) is 0 Å². The summed E-state index contributed by atoms with van der Waals surface area (Å²) in [5.74, 6) is -0.0832. The molecule has 3 saturated carbocycles. The van der Waals surface area contributed by atoms with Crippen molar-refractivity contribution in [3.05, 3.63) is 17.5 Å². The lowest BCUT2D eigenvalue weighted by molar-refractivity contribution is -0.00659. The van der Waals surface area contributed by atoms with Gasteiger partial charge in [0, 0.05) is 17.8 Å². The largest absolute Gasteiger partial charge is 0.345 e. The minimum atomic E-state index is -0.956. The third-order valence-corrected chi connectivity index (χ3v) is 5.43. The summed E-state index contributed by atoms with van der Waals surface area (Å²) >= 11 is 0. The average Bonchev–Trinajstić information content (AvgIpc) is 3.01.